The first-order chi connectivity index (χ1) is 5.88. The van der Waals surface area contributed by atoms with Crippen LogP contribution in [-0.4, -0.2) is 24.5 Å². The fourth-order valence-corrected chi connectivity index (χ4v) is 2.69. The van der Waals surface area contributed by atoms with Gasteiger partial charge in [0.2, 0.25) is 0 Å². The Hall–Kier alpha value is -0.0400. The third-order valence-electron chi connectivity index (χ3n) is 3.63. The summed E-state index contributed by atoms with van der Waals surface area (Å²) >= 11 is 0. The maximum Gasteiger partial charge on any atom is 0.000986 e. The third kappa shape index (κ3) is 1.82. The molecule has 1 aliphatic heterocycles. The molecule has 2 aliphatic rings. The van der Waals surface area contributed by atoms with Gasteiger partial charge in [-0.3, -0.25) is 0 Å². The van der Waals surface area contributed by atoms with E-state index in [0.29, 0.717) is 0 Å². The summed E-state index contributed by atoms with van der Waals surface area (Å²) in [4.78, 5) is 2.66. The average molecular weight is 167 g/mol. The molecular weight excluding hydrogens is 146 g/mol. The first-order valence-electron chi connectivity index (χ1n) is 5.61. The van der Waals surface area contributed by atoms with Crippen molar-refractivity contribution in [3.05, 3.63) is 0 Å². The van der Waals surface area contributed by atoms with Crippen molar-refractivity contribution in [1.82, 2.24) is 4.90 Å². The standard InChI is InChI=1S/C11H21N/c1-2-10-7-11(8-10)9-12-5-3-4-6-12/h10-11H,2-9H2,1H3/t10-,11+. The van der Waals surface area contributed by atoms with Crippen LogP contribution in [0.5, 0.6) is 0 Å². The van der Waals surface area contributed by atoms with Crippen LogP contribution in [0, 0.1) is 11.8 Å². The number of hydrogen-bond acceptors (Lipinski definition) is 1. The van der Waals surface area contributed by atoms with Crippen LogP contribution in [0.15, 0.2) is 0 Å². The molecule has 12 heavy (non-hydrogen) atoms. The van der Waals surface area contributed by atoms with Gasteiger partial charge in [0, 0.05) is 6.54 Å². The van der Waals surface area contributed by atoms with Gasteiger partial charge in [-0.25, -0.2) is 0 Å². The zero-order valence-corrected chi connectivity index (χ0v) is 8.26. The fourth-order valence-electron chi connectivity index (χ4n) is 2.69. The summed E-state index contributed by atoms with van der Waals surface area (Å²) in [6.07, 6.45) is 7.35. The Labute approximate surface area is 76.1 Å². The van der Waals surface area contributed by atoms with Crippen LogP contribution in [0.1, 0.15) is 39.0 Å². The lowest BCUT2D eigenvalue weighted by atomic mass is 9.73. The molecule has 0 atom stereocenters. The molecule has 0 amide bonds. The summed E-state index contributed by atoms with van der Waals surface area (Å²) in [6, 6.07) is 0. The summed E-state index contributed by atoms with van der Waals surface area (Å²) in [5.74, 6) is 2.14. The summed E-state index contributed by atoms with van der Waals surface area (Å²) in [6.45, 7) is 6.51. The summed E-state index contributed by atoms with van der Waals surface area (Å²) < 4.78 is 0. The second-order valence-corrected chi connectivity index (χ2v) is 4.62. The summed E-state index contributed by atoms with van der Waals surface area (Å²) in [5.41, 5.74) is 0. The number of hydrogen-bond donors (Lipinski definition) is 0. The molecule has 1 aliphatic carbocycles. The lowest BCUT2D eigenvalue weighted by molar-refractivity contribution is 0.135. The van der Waals surface area contributed by atoms with Gasteiger partial charge in [-0.15, -0.1) is 0 Å². The monoisotopic (exact) mass is 167 g/mol. The van der Waals surface area contributed by atoms with Crippen LogP contribution >= 0.6 is 0 Å². The minimum absolute atomic E-state index is 1.06. The Balaban J connectivity index is 1.62. The largest absolute Gasteiger partial charge is 0.303 e. The van der Waals surface area contributed by atoms with Crippen LogP contribution in [0.4, 0.5) is 0 Å². The van der Waals surface area contributed by atoms with Crippen LogP contribution < -0.4 is 0 Å². The first-order valence-corrected chi connectivity index (χ1v) is 5.61. The molecule has 1 heteroatoms. The predicted molar refractivity (Wildman–Crippen MR) is 52.2 cm³/mol. The Kier molecular flexibility index (Phi) is 2.69. The molecule has 2 fully saturated rings. The lowest BCUT2D eigenvalue weighted by Gasteiger charge is -2.37. The number of rotatable bonds is 3. The van der Waals surface area contributed by atoms with Gasteiger partial charge >= 0.3 is 0 Å². The molecule has 0 bridgehead atoms. The third-order valence-corrected chi connectivity index (χ3v) is 3.63. The minimum Gasteiger partial charge on any atom is -0.303 e. The number of nitrogens with zero attached hydrogens (tertiary/aromatic N) is 1. The van der Waals surface area contributed by atoms with Crippen molar-refractivity contribution >= 4 is 0 Å². The molecule has 0 aromatic rings. The van der Waals surface area contributed by atoms with Crippen molar-refractivity contribution in [1.29, 1.82) is 0 Å². The van der Waals surface area contributed by atoms with E-state index in [1.165, 1.54) is 51.7 Å². The molecule has 0 spiro atoms. The Morgan fingerprint density at radius 2 is 1.75 bits per heavy atom. The minimum atomic E-state index is 1.06. The maximum atomic E-state index is 2.66. The molecule has 0 unspecified atom stereocenters. The van der Waals surface area contributed by atoms with Crippen molar-refractivity contribution in [3.8, 4) is 0 Å². The first kappa shape index (κ1) is 8.55. The molecule has 0 aromatic heterocycles. The Bertz CT molecular complexity index is 132. The zero-order valence-electron chi connectivity index (χ0n) is 8.26. The van der Waals surface area contributed by atoms with Crippen molar-refractivity contribution in [2.45, 2.75) is 39.0 Å². The maximum absolute atomic E-state index is 2.66. The van der Waals surface area contributed by atoms with Crippen LogP contribution in [-0.2, 0) is 0 Å². The molecular formula is C11H21N. The van der Waals surface area contributed by atoms with Crippen molar-refractivity contribution in [3.63, 3.8) is 0 Å². The van der Waals surface area contributed by atoms with E-state index in [2.05, 4.69) is 11.8 Å². The zero-order chi connectivity index (χ0) is 8.39. The molecule has 1 heterocycles. The van der Waals surface area contributed by atoms with E-state index in [0.717, 1.165) is 11.8 Å². The smallest absolute Gasteiger partial charge is 0.000986 e. The van der Waals surface area contributed by atoms with E-state index in [-0.39, 0.29) is 0 Å². The SMILES string of the molecule is CC[C@H]1C[C@@H](CN2CCCC2)C1. The highest BCUT2D eigenvalue weighted by Crippen LogP contribution is 2.36. The van der Waals surface area contributed by atoms with Gasteiger partial charge in [0.15, 0.2) is 0 Å². The van der Waals surface area contributed by atoms with E-state index < -0.39 is 0 Å². The van der Waals surface area contributed by atoms with E-state index in [4.69, 9.17) is 0 Å². The molecule has 70 valence electrons. The Morgan fingerprint density at radius 3 is 2.33 bits per heavy atom. The Morgan fingerprint density at radius 1 is 1.08 bits per heavy atom. The topological polar surface area (TPSA) is 3.24 Å². The van der Waals surface area contributed by atoms with Gasteiger partial charge in [-0.1, -0.05) is 13.3 Å². The molecule has 0 radical (unpaired) electrons. The van der Waals surface area contributed by atoms with E-state index >= 15 is 0 Å². The van der Waals surface area contributed by atoms with Crippen LogP contribution in [0.2, 0.25) is 0 Å². The summed E-state index contributed by atoms with van der Waals surface area (Å²) in [5, 5.41) is 0. The molecule has 1 nitrogen and oxygen atoms in total. The van der Waals surface area contributed by atoms with Crippen LogP contribution in [0.25, 0.3) is 0 Å². The quantitative estimate of drug-likeness (QED) is 0.624. The van der Waals surface area contributed by atoms with Gasteiger partial charge < -0.3 is 4.90 Å². The normalized spacial score (nSPS) is 36.8. The average Bonchev–Trinajstić information content (AvgIpc) is 2.47. The predicted octanol–water partition coefficient (Wildman–Crippen LogP) is 2.52. The fraction of sp³-hybridized carbons (Fsp3) is 1.00. The van der Waals surface area contributed by atoms with E-state index in [1.807, 2.05) is 0 Å². The van der Waals surface area contributed by atoms with E-state index in [9.17, 15) is 0 Å². The summed E-state index contributed by atoms with van der Waals surface area (Å²) in [7, 11) is 0. The highest BCUT2D eigenvalue weighted by Gasteiger charge is 2.29. The van der Waals surface area contributed by atoms with Gasteiger partial charge in [0.25, 0.3) is 0 Å². The van der Waals surface area contributed by atoms with E-state index in [1.54, 1.807) is 0 Å². The molecule has 1 saturated heterocycles. The van der Waals surface area contributed by atoms with Crippen molar-refractivity contribution in [2.24, 2.45) is 11.8 Å². The second-order valence-electron chi connectivity index (χ2n) is 4.62. The van der Waals surface area contributed by atoms with Crippen molar-refractivity contribution in [2.75, 3.05) is 19.6 Å². The van der Waals surface area contributed by atoms with Gasteiger partial charge in [-0.05, 0) is 50.6 Å². The van der Waals surface area contributed by atoms with Gasteiger partial charge in [-0.2, -0.15) is 0 Å². The van der Waals surface area contributed by atoms with Crippen molar-refractivity contribution < 1.29 is 0 Å². The molecule has 0 N–H and O–H groups in total. The number of likely N-dealkylation sites (tertiary alicyclic amines) is 1. The molecule has 1 saturated carbocycles. The molecule has 2 rings (SSSR count). The van der Waals surface area contributed by atoms with Gasteiger partial charge in [0.05, 0.1) is 0 Å². The second kappa shape index (κ2) is 3.78. The van der Waals surface area contributed by atoms with Crippen LogP contribution in [0.3, 0.4) is 0 Å². The lowest BCUT2D eigenvalue weighted by Crippen LogP contribution is -2.34. The highest BCUT2D eigenvalue weighted by molar-refractivity contribution is 4.82. The van der Waals surface area contributed by atoms with Gasteiger partial charge in [0.1, 0.15) is 0 Å². The highest BCUT2D eigenvalue weighted by atomic mass is 15.1. The molecule has 0 aromatic carbocycles.